The van der Waals surface area contributed by atoms with Crippen LogP contribution in [0.4, 0.5) is 14.5 Å². The van der Waals surface area contributed by atoms with E-state index in [9.17, 15) is 19.2 Å². The number of anilines is 1. The summed E-state index contributed by atoms with van der Waals surface area (Å²) < 4.78 is 54.9. The lowest BCUT2D eigenvalue weighted by molar-refractivity contribution is -0.136. The van der Waals surface area contributed by atoms with Crippen LogP contribution in [0.1, 0.15) is 89.6 Å². The van der Waals surface area contributed by atoms with E-state index in [0.29, 0.717) is 68.5 Å². The molecular formula is C46H47F2N5O8. The van der Waals surface area contributed by atoms with Crippen LogP contribution in [0.3, 0.4) is 0 Å². The number of carbonyl (C=O) groups is 4. The number of amides is 4. The molecule has 1 saturated carbocycles. The van der Waals surface area contributed by atoms with Crippen molar-refractivity contribution in [1.82, 2.24) is 20.2 Å². The highest BCUT2D eigenvalue weighted by atomic mass is 19.2. The summed E-state index contributed by atoms with van der Waals surface area (Å²) in [4.78, 5) is 61.6. The number of aromatic nitrogens is 2. The fraction of sp³-hybridized carbons (Fsp3) is 0.435. The highest BCUT2D eigenvalue weighted by Gasteiger charge is 2.45. The Bertz CT molecular complexity index is 2350. The molecule has 2 aromatic carbocycles. The third-order valence-corrected chi connectivity index (χ3v) is 12.4. The summed E-state index contributed by atoms with van der Waals surface area (Å²) in [7, 11) is 0. The molecule has 1 N–H and O–H groups in total. The van der Waals surface area contributed by atoms with Gasteiger partial charge in [0.15, 0.2) is 11.6 Å². The minimum atomic E-state index is -0.988. The second kappa shape index (κ2) is 17.4. The van der Waals surface area contributed by atoms with Gasteiger partial charge in [-0.2, -0.15) is 0 Å². The van der Waals surface area contributed by atoms with Crippen molar-refractivity contribution in [2.24, 2.45) is 0 Å². The highest BCUT2D eigenvalue weighted by Crippen LogP contribution is 2.42. The molecule has 0 bridgehead atoms. The third-order valence-electron chi connectivity index (χ3n) is 12.4. The number of nitrogens with zero attached hydrogens (tertiary/aromatic N) is 4. The molecule has 15 heteroatoms. The molecule has 2 saturated heterocycles. The fourth-order valence-corrected chi connectivity index (χ4v) is 8.81. The zero-order valence-electron chi connectivity index (χ0n) is 33.9. The van der Waals surface area contributed by atoms with E-state index in [2.05, 4.69) is 27.1 Å². The van der Waals surface area contributed by atoms with Gasteiger partial charge in [-0.05, 0) is 85.5 Å². The molecule has 2 aliphatic carbocycles. The van der Waals surface area contributed by atoms with Gasteiger partial charge in [0.05, 0.1) is 23.3 Å². The van der Waals surface area contributed by atoms with Crippen molar-refractivity contribution in [3.63, 3.8) is 0 Å². The van der Waals surface area contributed by atoms with Crippen LogP contribution in [0.25, 0.3) is 22.3 Å². The average molecular weight is 836 g/mol. The summed E-state index contributed by atoms with van der Waals surface area (Å²) in [5.74, 6) is -3.18. The molecule has 9 rings (SSSR count). The van der Waals surface area contributed by atoms with Gasteiger partial charge >= 0.3 is 0 Å². The quantitative estimate of drug-likeness (QED) is 0.108. The second-order valence-corrected chi connectivity index (χ2v) is 16.5. The lowest BCUT2D eigenvalue weighted by Gasteiger charge is -2.40. The molecule has 2 aromatic heterocycles. The summed E-state index contributed by atoms with van der Waals surface area (Å²) in [5.41, 5.74) is 4.71. The van der Waals surface area contributed by atoms with E-state index >= 15 is 8.78 Å². The first-order valence-corrected chi connectivity index (χ1v) is 21.1. The fourth-order valence-electron chi connectivity index (χ4n) is 8.81. The number of fused-ring (bicyclic) bond motifs is 4. The maximum atomic E-state index is 15.6. The van der Waals surface area contributed by atoms with E-state index in [1.165, 1.54) is 6.20 Å². The number of hydrogen-bond donors (Lipinski definition) is 1. The second-order valence-electron chi connectivity index (χ2n) is 16.5. The van der Waals surface area contributed by atoms with Crippen molar-refractivity contribution >= 4 is 29.3 Å². The summed E-state index contributed by atoms with van der Waals surface area (Å²) in [6, 6.07) is 11.2. The number of imide groups is 2. The number of halogens is 2. The molecule has 4 aromatic rings. The average Bonchev–Trinajstić information content (AvgIpc) is 3.37. The van der Waals surface area contributed by atoms with Crippen molar-refractivity contribution < 1.29 is 46.9 Å². The largest absolute Gasteiger partial charge is 0.474 e. The van der Waals surface area contributed by atoms with E-state index in [1.54, 1.807) is 48.8 Å². The Morgan fingerprint density at radius 1 is 0.770 bits per heavy atom. The van der Waals surface area contributed by atoms with Gasteiger partial charge in [0, 0.05) is 111 Å². The predicted molar refractivity (Wildman–Crippen MR) is 218 cm³/mol. The van der Waals surface area contributed by atoms with E-state index < -0.39 is 41.3 Å². The monoisotopic (exact) mass is 835 g/mol. The van der Waals surface area contributed by atoms with E-state index in [0.717, 1.165) is 53.8 Å². The lowest BCUT2D eigenvalue weighted by atomic mass is 9.92. The Kier molecular flexibility index (Phi) is 11.6. The Morgan fingerprint density at radius 2 is 1.54 bits per heavy atom. The molecule has 5 aliphatic rings. The minimum absolute atomic E-state index is 0.0270. The van der Waals surface area contributed by atoms with Crippen molar-refractivity contribution in [3.05, 3.63) is 94.9 Å². The van der Waals surface area contributed by atoms with E-state index in [1.807, 2.05) is 6.07 Å². The van der Waals surface area contributed by atoms with Crippen LogP contribution >= 0.6 is 0 Å². The van der Waals surface area contributed by atoms with Crippen LogP contribution < -0.4 is 15.0 Å². The SMILES string of the molecule is CC1CCc2cc(-c3ccc(OC4CC(OCCCOCCCOC5CN(c6ccc7c(c6)C(=O)N(C6CCC(=O)NC6=O)C7=O)C5)C4)nc3)c(F)c(F)c2-c2cnccc21. The van der Waals surface area contributed by atoms with Gasteiger partial charge in [-0.25, -0.2) is 13.8 Å². The van der Waals surface area contributed by atoms with Gasteiger partial charge < -0.3 is 23.8 Å². The summed E-state index contributed by atoms with van der Waals surface area (Å²) in [6.45, 7) is 5.71. The van der Waals surface area contributed by atoms with Crippen molar-refractivity contribution in [2.45, 2.75) is 88.6 Å². The smallest absolute Gasteiger partial charge is 0.262 e. The van der Waals surface area contributed by atoms with Crippen LogP contribution in [0.2, 0.25) is 0 Å². The first-order chi connectivity index (χ1) is 29.6. The van der Waals surface area contributed by atoms with Gasteiger partial charge in [0.25, 0.3) is 11.8 Å². The van der Waals surface area contributed by atoms with Crippen LogP contribution in [0.15, 0.2) is 61.1 Å². The summed E-state index contributed by atoms with van der Waals surface area (Å²) in [5, 5.41) is 2.21. The molecule has 5 heterocycles. The number of pyridine rings is 2. The number of rotatable bonds is 15. The number of benzene rings is 2. The molecule has 2 atom stereocenters. The Balaban J connectivity index is 0.631. The van der Waals surface area contributed by atoms with E-state index in [-0.39, 0.29) is 53.8 Å². The van der Waals surface area contributed by atoms with Crippen molar-refractivity contribution in [2.75, 3.05) is 44.4 Å². The summed E-state index contributed by atoms with van der Waals surface area (Å²) in [6.07, 6.45) is 9.65. The minimum Gasteiger partial charge on any atom is -0.474 e. The number of piperidine rings is 1. The molecule has 0 radical (unpaired) electrons. The van der Waals surface area contributed by atoms with Crippen LogP contribution in [0, 0.1) is 11.6 Å². The van der Waals surface area contributed by atoms with Gasteiger partial charge in [-0.1, -0.05) is 6.92 Å². The molecular weight excluding hydrogens is 789 g/mol. The Labute approximate surface area is 351 Å². The number of ether oxygens (including phenoxy) is 4. The van der Waals surface area contributed by atoms with Crippen LogP contribution in [0.5, 0.6) is 5.88 Å². The molecule has 13 nitrogen and oxygen atoms in total. The first kappa shape index (κ1) is 40.7. The third kappa shape index (κ3) is 8.26. The molecule has 3 aliphatic heterocycles. The number of hydrogen-bond acceptors (Lipinski definition) is 11. The number of nitrogens with one attached hydrogen (secondary N) is 1. The highest BCUT2D eigenvalue weighted by molar-refractivity contribution is 6.23. The molecule has 3 fully saturated rings. The summed E-state index contributed by atoms with van der Waals surface area (Å²) >= 11 is 0. The Morgan fingerprint density at radius 3 is 2.30 bits per heavy atom. The maximum Gasteiger partial charge on any atom is 0.262 e. The topological polar surface area (TPSA) is 149 Å². The van der Waals surface area contributed by atoms with Gasteiger partial charge in [-0.15, -0.1) is 0 Å². The van der Waals surface area contributed by atoms with Gasteiger partial charge in [-0.3, -0.25) is 34.4 Å². The van der Waals surface area contributed by atoms with Crippen LogP contribution in [-0.2, 0) is 30.2 Å². The standard InChI is InChI=1S/C46H47F2N5O8/c1-26-4-5-27-18-35(42(47)43(48)41(27)37-23-49-13-12-33(26)37)28-6-11-40(50-22-28)61-31-20-30(21-31)59-16-2-14-58-15-3-17-60-32-24-52(25-32)29-7-8-34-36(19-29)46(57)53(45(34)56)38-9-10-39(54)51-44(38)55/h6-8,11-13,18-19,22-23,26,30-32,38H,2-5,9-10,14-17,20-21,24-25H2,1H3,(H,51,54,55). The zero-order chi connectivity index (χ0) is 42.2. The maximum absolute atomic E-state index is 15.6. The van der Waals surface area contributed by atoms with E-state index in [4.69, 9.17) is 18.9 Å². The molecule has 61 heavy (non-hydrogen) atoms. The molecule has 4 amide bonds. The van der Waals surface area contributed by atoms with Gasteiger partial charge in [0.1, 0.15) is 12.1 Å². The Hall–Kier alpha value is -5.64. The first-order valence-electron chi connectivity index (χ1n) is 21.1. The van der Waals surface area contributed by atoms with Crippen molar-refractivity contribution in [3.8, 4) is 28.1 Å². The predicted octanol–water partition coefficient (Wildman–Crippen LogP) is 6.17. The molecule has 318 valence electrons. The number of aryl methyl sites for hydroxylation is 1. The van der Waals surface area contributed by atoms with Crippen molar-refractivity contribution in [1.29, 1.82) is 0 Å². The zero-order valence-corrected chi connectivity index (χ0v) is 33.9. The van der Waals surface area contributed by atoms with Crippen LogP contribution in [-0.4, -0.2) is 102 Å². The molecule has 0 spiro atoms. The molecule has 2 unspecified atom stereocenters. The lowest BCUT2D eigenvalue weighted by Crippen LogP contribution is -2.54. The number of carbonyl (C=O) groups excluding carboxylic acids is 4. The van der Waals surface area contributed by atoms with Gasteiger partial charge in [0.2, 0.25) is 17.7 Å². The normalized spacial score (nSPS) is 22.2.